The second kappa shape index (κ2) is 30.0. The molecule has 588 valence electrons. The van der Waals surface area contributed by atoms with E-state index in [1.54, 1.807) is 0 Å². The molecule has 0 bridgehead atoms. The SMILES string of the molecule is c1ccc(-c2ccc(-c3nc(-n4c5ccccc5c5cc6c(cc54)sc4ccccc46)nc4ccccc34)cc2)cc1.c1ccc(-c2ccc(-c3nc(-n4c5ccccc5c5ccc6c7ccccc7sc6c54)nc4ccccc34)cc2)cc1.c1ccc(-c2ccc(-c3nc(-n4c5ccccc5c5ccc6sc7ccccc7c6c54)nc4ccccc34)cc2)cc1. The summed E-state index contributed by atoms with van der Waals surface area (Å²) in [6, 6.07) is 148. The fourth-order valence-electron chi connectivity index (χ4n) is 18.8. The average Bonchev–Trinajstić information content (AvgIpc) is 1.57. The molecule has 0 N–H and O–H groups in total. The molecule has 0 atom stereocenters. The molecule has 12 heteroatoms. The smallest absolute Gasteiger partial charge is 0.235 e. The maximum atomic E-state index is 5.34. The largest absolute Gasteiger partial charge is 0.278 e. The van der Waals surface area contributed by atoms with Crippen molar-refractivity contribution in [3.63, 3.8) is 0 Å². The molecule has 0 unspecified atom stereocenters. The molecule has 126 heavy (non-hydrogen) atoms. The van der Waals surface area contributed by atoms with Gasteiger partial charge in [0.1, 0.15) is 0 Å². The van der Waals surface area contributed by atoms with Crippen LogP contribution in [0.2, 0.25) is 0 Å². The number of fused-ring (bicyclic) bond motifs is 23. The van der Waals surface area contributed by atoms with E-state index in [-0.39, 0.29) is 0 Å². The Morgan fingerprint density at radius 2 is 0.484 bits per heavy atom. The monoisotopic (exact) mass is 1660 g/mol. The summed E-state index contributed by atoms with van der Waals surface area (Å²) >= 11 is 5.52. The third-order valence-electron chi connectivity index (χ3n) is 24.7. The van der Waals surface area contributed by atoms with E-state index in [2.05, 4.69) is 408 Å². The first-order valence-electron chi connectivity index (χ1n) is 42.3. The third-order valence-corrected chi connectivity index (χ3v) is 28.2. The van der Waals surface area contributed by atoms with E-state index in [1.165, 1.54) is 126 Å². The van der Waals surface area contributed by atoms with Crippen LogP contribution in [0.5, 0.6) is 0 Å². The van der Waals surface area contributed by atoms with Crippen LogP contribution in [0.4, 0.5) is 0 Å². The summed E-state index contributed by atoms with van der Waals surface area (Å²) in [7, 11) is 0. The lowest BCUT2D eigenvalue weighted by atomic mass is 10.0. The second-order valence-corrected chi connectivity index (χ2v) is 35.1. The van der Waals surface area contributed by atoms with E-state index in [0.717, 1.165) is 99.6 Å². The van der Waals surface area contributed by atoms with Crippen molar-refractivity contribution in [1.82, 2.24) is 43.6 Å². The van der Waals surface area contributed by atoms with Gasteiger partial charge in [0.05, 0.1) is 71.4 Å². The molecule has 0 amide bonds. The standard InChI is InChI=1S/3C38H23N3S/c1-2-10-24(11-3-1)25-18-20-26(21-19-25)37-29-14-4-7-15-32(29)39-38(40-37)41-33-16-8-5-12-27(33)30-22-31-28-13-6-9-17-35(28)42-36(31)23-34(30)41;1-2-10-24(11-3-1)25-18-20-26(21-19-25)35-31-14-4-7-15-32(31)39-38(40-35)41-33-16-8-5-12-27(33)29-22-23-30-28-13-6-9-17-34(28)42-37(30)36(29)41;1-2-10-24(11-3-1)25-18-20-26(21-19-25)36-29-13-4-7-15-31(29)39-38(40-36)41-32-16-8-5-12-27(32)28-22-23-34-35(37(28)41)30-14-6-9-17-33(30)42-34/h3*1-23H. The highest BCUT2D eigenvalue weighted by molar-refractivity contribution is 7.27. The maximum Gasteiger partial charge on any atom is 0.235 e. The summed E-state index contributed by atoms with van der Waals surface area (Å²) in [5.74, 6) is 2.05. The number of hydrogen-bond donors (Lipinski definition) is 0. The van der Waals surface area contributed by atoms with Gasteiger partial charge >= 0.3 is 0 Å². The molecule has 0 saturated carbocycles. The van der Waals surface area contributed by atoms with E-state index in [0.29, 0.717) is 17.8 Å². The molecule has 0 saturated heterocycles. The number of rotatable bonds is 9. The highest BCUT2D eigenvalue weighted by Crippen LogP contribution is 2.48. The van der Waals surface area contributed by atoms with Crippen LogP contribution in [0.1, 0.15) is 0 Å². The lowest BCUT2D eigenvalue weighted by Crippen LogP contribution is -2.03. The van der Waals surface area contributed by atoms with Gasteiger partial charge in [0.25, 0.3) is 0 Å². The second-order valence-electron chi connectivity index (χ2n) is 31.9. The van der Waals surface area contributed by atoms with Crippen LogP contribution in [0.25, 0.3) is 244 Å². The van der Waals surface area contributed by atoms with Crippen molar-refractivity contribution in [2.24, 2.45) is 0 Å². The summed E-state index contributed by atoms with van der Waals surface area (Å²) < 4.78 is 14.5. The minimum Gasteiger partial charge on any atom is -0.278 e. The van der Waals surface area contributed by atoms with Gasteiger partial charge in [-0.3, -0.25) is 13.7 Å². The van der Waals surface area contributed by atoms with Crippen LogP contribution >= 0.6 is 34.0 Å². The minimum atomic E-state index is 0.683. The highest BCUT2D eigenvalue weighted by Gasteiger charge is 2.26. The van der Waals surface area contributed by atoms with Crippen LogP contribution < -0.4 is 0 Å². The first-order chi connectivity index (χ1) is 62.5. The Kier molecular flexibility index (Phi) is 17.3. The number of benzene rings is 18. The number of hydrogen-bond acceptors (Lipinski definition) is 9. The summed E-state index contributed by atoms with van der Waals surface area (Å²) in [5.41, 5.74) is 22.7. The van der Waals surface area contributed by atoms with Gasteiger partial charge in [0.15, 0.2) is 0 Å². The van der Waals surface area contributed by atoms with Gasteiger partial charge < -0.3 is 0 Å². The van der Waals surface area contributed by atoms with Crippen LogP contribution in [0, 0.1) is 0 Å². The fraction of sp³-hybridized carbons (Fsp3) is 0. The number of para-hydroxylation sites is 6. The summed E-state index contributed by atoms with van der Waals surface area (Å²) in [5, 5.41) is 18.1. The zero-order chi connectivity index (χ0) is 82.9. The molecule has 0 aliphatic carbocycles. The molecule has 9 aromatic heterocycles. The normalized spacial score (nSPS) is 11.8. The highest BCUT2D eigenvalue weighted by atomic mass is 32.1. The first-order valence-corrected chi connectivity index (χ1v) is 44.7. The molecule has 27 rings (SSSR count). The van der Waals surface area contributed by atoms with Crippen molar-refractivity contribution >= 4 is 193 Å². The van der Waals surface area contributed by atoms with Crippen molar-refractivity contribution in [1.29, 1.82) is 0 Å². The number of nitrogens with zero attached hydrogens (tertiary/aromatic N) is 9. The lowest BCUT2D eigenvalue weighted by molar-refractivity contribution is 1.01. The average molecular weight is 1660 g/mol. The Balaban J connectivity index is 0.000000103. The molecule has 0 fully saturated rings. The van der Waals surface area contributed by atoms with E-state index >= 15 is 0 Å². The fourth-order valence-corrected chi connectivity index (χ4v) is 22.3. The van der Waals surface area contributed by atoms with E-state index in [4.69, 9.17) is 29.9 Å². The van der Waals surface area contributed by atoms with Gasteiger partial charge in [-0.05, 0) is 106 Å². The summed E-state index contributed by atoms with van der Waals surface area (Å²) in [6.07, 6.45) is 0. The lowest BCUT2D eigenvalue weighted by Gasteiger charge is -2.12. The quantitative estimate of drug-likeness (QED) is 0.143. The topological polar surface area (TPSA) is 92.1 Å². The molecule has 0 aliphatic heterocycles. The number of aromatic nitrogens is 9. The van der Waals surface area contributed by atoms with Crippen LogP contribution in [-0.2, 0) is 0 Å². The Bertz CT molecular complexity index is 9000. The molecule has 9 heterocycles. The Morgan fingerprint density at radius 1 is 0.167 bits per heavy atom. The van der Waals surface area contributed by atoms with Gasteiger partial charge in [-0.1, -0.05) is 346 Å². The predicted molar refractivity (Wildman–Crippen MR) is 533 cm³/mol. The van der Waals surface area contributed by atoms with Gasteiger partial charge in [0, 0.05) is 121 Å². The Labute approximate surface area is 734 Å². The molecule has 0 aliphatic rings. The summed E-state index contributed by atoms with van der Waals surface area (Å²) in [6.45, 7) is 0. The van der Waals surface area contributed by atoms with Crippen LogP contribution in [0.3, 0.4) is 0 Å². The van der Waals surface area contributed by atoms with Crippen molar-refractivity contribution in [3.05, 3.63) is 419 Å². The molecule has 27 aromatic rings. The molecule has 0 radical (unpaired) electrons. The van der Waals surface area contributed by atoms with Gasteiger partial charge in [-0.15, -0.1) is 34.0 Å². The van der Waals surface area contributed by atoms with Crippen LogP contribution in [-0.4, -0.2) is 43.6 Å². The zero-order valence-electron chi connectivity index (χ0n) is 67.6. The summed E-state index contributed by atoms with van der Waals surface area (Å²) in [4.78, 5) is 31.5. The van der Waals surface area contributed by atoms with E-state index in [9.17, 15) is 0 Å². The molecular formula is C114H69N9S3. The van der Waals surface area contributed by atoms with Crippen molar-refractivity contribution in [2.45, 2.75) is 0 Å². The molecule has 9 nitrogen and oxygen atoms in total. The van der Waals surface area contributed by atoms with Gasteiger partial charge in [-0.2, -0.15) is 0 Å². The Hall–Kier alpha value is -16.0. The first kappa shape index (κ1) is 72.8. The van der Waals surface area contributed by atoms with Crippen molar-refractivity contribution < 1.29 is 0 Å². The molecule has 0 spiro atoms. The van der Waals surface area contributed by atoms with Crippen LogP contribution in [0.15, 0.2) is 419 Å². The van der Waals surface area contributed by atoms with E-state index in [1.807, 2.05) is 58.3 Å². The Morgan fingerprint density at radius 3 is 0.960 bits per heavy atom. The zero-order valence-corrected chi connectivity index (χ0v) is 70.0. The maximum absolute atomic E-state index is 5.34. The number of thiophene rings is 3. The van der Waals surface area contributed by atoms with E-state index < -0.39 is 0 Å². The molecule has 18 aromatic carbocycles. The molecular weight excluding hydrogens is 1590 g/mol. The minimum absolute atomic E-state index is 0.683. The third kappa shape index (κ3) is 12.2. The van der Waals surface area contributed by atoms with Crippen molar-refractivity contribution in [2.75, 3.05) is 0 Å². The van der Waals surface area contributed by atoms with Crippen molar-refractivity contribution in [3.8, 4) is 85.0 Å². The predicted octanol–water partition coefficient (Wildman–Crippen LogP) is 31.3. The van der Waals surface area contributed by atoms with Gasteiger partial charge in [0.2, 0.25) is 17.8 Å². The van der Waals surface area contributed by atoms with Gasteiger partial charge in [-0.25, -0.2) is 29.9 Å².